The molecule has 0 bridgehead atoms. The molecular formula is C20H17N5O2. The SMILES string of the molecule is NC(=Nc1ccccc1)N/N=C(\c1ccccc1)c1cccc([N+](=O)[O-])c1. The molecule has 0 unspecified atom stereocenters. The van der Waals surface area contributed by atoms with E-state index in [1.54, 1.807) is 12.1 Å². The standard InChI is InChI=1S/C20H17N5O2/c21-20(22-17-11-5-2-6-12-17)24-23-19(15-8-3-1-4-9-15)16-10-7-13-18(14-16)25(26)27/h1-14H,(H3,21,22,24)/b23-19+. The highest BCUT2D eigenvalue weighted by Crippen LogP contribution is 2.17. The summed E-state index contributed by atoms with van der Waals surface area (Å²) in [6.45, 7) is 0. The van der Waals surface area contributed by atoms with E-state index in [2.05, 4.69) is 15.5 Å². The zero-order chi connectivity index (χ0) is 19.1. The molecule has 0 radical (unpaired) electrons. The molecular weight excluding hydrogens is 342 g/mol. The van der Waals surface area contributed by atoms with Crippen LogP contribution in [0.3, 0.4) is 0 Å². The predicted octanol–water partition coefficient (Wildman–Crippen LogP) is 3.58. The molecule has 7 nitrogen and oxygen atoms in total. The number of non-ortho nitro benzene ring substituents is 1. The predicted molar refractivity (Wildman–Crippen MR) is 106 cm³/mol. The molecule has 0 saturated heterocycles. The molecule has 7 heteroatoms. The minimum absolute atomic E-state index is 0.0120. The van der Waals surface area contributed by atoms with Crippen molar-refractivity contribution in [1.29, 1.82) is 0 Å². The van der Waals surface area contributed by atoms with Crippen molar-refractivity contribution in [2.45, 2.75) is 0 Å². The molecule has 0 spiro atoms. The van der Waals surface area contributed by atoms with Gasteiger partial charge in [-0.05, 0) is 12.1 Å². The summed E-state index contributed by atoms with van der Waals surface area (Å²) < 4.78 is 0. The topological polar surface area (TPSA) is 106 Å². The first kappa shape index (κ1) is 17.8. The van der Waals surface area contributed by atoms with E-state index in [4.69, 9.17) is 5.73 Å². The van der Waals surface area contributed by atoms with Crippen molar-refractivity contribution >= 4 is 23.0 Å². The lowest BCUT2D eigenvalue weighted by molar-refractivity contribution is -0.384. The van der Waals surface area contributed by atoms with E-state index in [1.807, 2.05) is 60.7 Å². The number of hydrazone groups is 1. The fraction of sp³-hybridized carbons (Fsp3) is 0. The number of rotatable bonds is 5. The number of aliphatic imine (C=N–C) groups is 1. The van der Waals surface area contributed by atoms with E-state index in [-0.39, 0.29) is 11.6 Å². The molecule has 0 fully saturated rings. The van der Waals surface area contributed by atoms with Gasteiger partial charge in [0.25, 0.3) is 5.69 Å². The molecule has 0 atom stereocenters. The second-order valence-corrected chi connectivity index (χ2v) is 5.58. The lowest BCUT2D eigenvalue weighted by Gasteiger charge is -2.08. The molecule has 0 aliphatic rings. The number of nitrogens with one attached hydrogen (secondary N) is 1. The highest BCUT2D eigenvalue weighted by Gasteiger charge is 2.12. The number of nitro benzene ring substituents is 1. The third-order valence-corrected chi connectivity index (χ3v) is 3.67. The van der Waals surface area contributed by atoms with Gasteiger partial charge in [0, 0.05) is 23.3 Å². The summed E-state index contributed by atoms with van der Waals surface area (Å²) in [7, 11) is 0. The third kappa shape index (κ3) is 4.76. The second kappa shape index (κ2) is 8.39. The minimum Gasteiger partial charge on any atom is -0.368 e. The van der Waals surface area contributed by atoms with Gasteiger partial charge in [0.05, 0.1) is 16.3 Å². The maximum Gasteiger partial charge on any atom is 0.270 e. The van der Waals surface area contributed by atoms with Gasteiger partial charge in [-0.1, -0.05) is 60.7 Å². The highest BCUT2D eigenvalue weighted by molar-refractivity contribution is 6.13. The van der Waals surface area contributed by atoms with E-state index in [9.17, 15) is 10.1 Å². The largest absolute Gasteiger partial charge is 0.368 e. The molecule has 27 heavy (non-hydrogen) atoms. The van der Waals surface area contributed by atoms with E-state index < -0.39 is 4.92 Å². The van der Waals surface area contributed by atoms with Crippen LogP contribution >= 0.6 is 0 Å². The van der Waals surface area contributed by atoms with Crippen LogP contribution < -0.4 is 11.2 Å². The van der Waals surface area contributed by atoms with E-state index >= 15 is 0 Å². The van der Waals surface area contributed by atoms with Crippen molar-refractivity contribution in [3.8, 4) is 0 Å². The Kier molecular flexibility index (Phi) is 5.54. The summed E-state index contributed by atoms with van der Waals surface area (Å²) in [6, 6.07) is 24.8. The minimum atomic E-state index is -0.440. The first-order valence-corrected chi connectivity index (χ1v) is 8.16. The molecule has 0 aliphatic heterocycles. The van der Waals surface area contributed by atoms with Crippen molar-refractivity contribution < 1.29 is 4.92 Å². The Morgan fingerprint density at radius 3 is 2.19 bits per heavy atom. The Morgan fingerprint density at radius 2 is 1.52 bits per heavy atom. The van der Waals surface area contributed by atoms with Gasteiger partial charge in [-0.15, -0.1) is 0 Å². The van der Waals surface area contributed by atoms with Crippen molar-refractivity contribution in [2.24, 2.45) is 15.8 Å². The van der Waals surface area contributed by atoms with Gasteiger partial charge in [0.2, 0.25) is 5.96 Å². The lowest BCUT2D eigenvalue weighted by atomic mass is 10.0. The van der Waals surface area contributed by atoms with Crippen LogP contribution in [0.25, 0.3) is 0 Å². The molecule has 3 N–H and O–H groups in total. The summed E-state index contributed by atoms with van der Waals surface area (Å²) in [6.07, 6.45) is 0. The molecule has 0 aromatic heterocycles. The van der Waals surface area contributed by atoms with Gasteiger partial charge in [0.15, 0.2) is 0 Å². The Balaban J connectivity index is 1.95. The fourth-order valence-electron chi connectivity index (χ4n) is 2.44. The third-order valence-electron chi connectivity index (χ3n) is 3.67. The number of hydrogen-bond acceptors (Lipinski definition) is 4. The molecule has 0 saturated carbocycles. The van der Waals surface area contributed by atoms with Gasteiger partial charge >= 0.3 is 0 Å². The van der Waals surface area contributed by atoms with Gasteiger partial charge in [-0.3, -0.25) is 10.1 Å². The molecule has 0 amide bonds. The number of guanidine groups is 1. The average molecular weight is 359 g/mol. The zero-order valence-electron chi connectivity index (χ0n) is 14.3. The summed E-state index contributed by atoms with van der Waals surface area (Å²) >= 11 is 0. The number of nitrogens with zero attached hydrogens (tertiary/aromatic N) is 3. The Morgan fingerprint density at radius 1 is 0.889 bits per heavy atom. The number of hydrogen-bond donors (Lipinski definition) is 2. The maximum atomic E-state index is 11.1. The van der Waals surface area contributed by atoms with E-state index in [0.717, 1.165) is 5.56 Å². The van der Waals surface area contributed by atoms with E-state index in [1.165, 1.54) is 12.1 Å². The number of nitro groups is 1. The van der Waals surface area contributed by atoms with Crippen LogP contribution in [-0.4, -0.2) is 16.6 Å². The normalized spacial score (nSPS) is 11.9. The molecule has 3 aromatic rings. The quantitative estimate of drug-likeness (QED) is 0.314. The van der Waals surface area contributed by atoms with Crippen molar-refractivity contribution in [1.82, 2.24) is 5.43 Å². The van der Waals surface area contributed by atoms with Crippen LogP contribution in [0.1, 0.15) is 11.1 Å². The van der Waals surface area contributed by atoms with Gasteiger partial charge in [-0.25, -0.2) is 10.4 Å². The van der Waals surface area contributed by atoms with Gasteiger partial charge in [0.1, 0.15) is 0 Å². The number of nitrogens with two attached hydrogens (primary N) is 1. The Hall–Kier alpha value is -4.00. The van der Waals surface area contributed by atoms with Crippen LogP contribution in [0.5, 0.6) is 0 Å². The average Bonchev–Trinajstić information content (AvgIpc) is 2.70. The summed E-state index contributed by atoms with van der Waals surface area (Å²) in [5.41, 5.74) is 11.2. The molecule has 134 valence electrons. The smallest absolute Gasteiger partial charge is 0.270 e. The highest BCUT2D eigenvalue weighted by atomic mass is 16.6. The monoisotopic (exact) mass is 359 g/mol. The van der Waals surface area contributed by atoms with E-state index in [0.29, 0.717) is 17.0 Å². The first-order valence-electron chi connectivity index (χ1n) is 8.16. The fourth-order valence-corrected chi connectivity index (χ4v) is 2.44. The lowest BCUT2D eigenvalue weighted by Crippen LogP contribution is -2.28. The summed E-state index contributed by atoms with van der Waals surface area (Å²) in [5.74, 6) is 0.111. The number of benzene rings is 3. The zero-order valence-corrected chi connectivity index (χ0v) is 14.3. The van der Waals surface area contributed by atoms with Crippen LogP contribution in [0.15, 0.2) is 95.0 Å². The number of para-hydroxylation sites is 1. The first-order chi connectivity index (χ1) is 13.1. The maximum absolute atomic E-state index is 11.1. The molecule has 0 aliphatic carbocycles. The van der Waals surface area contributed by atoms with Gasteiger partial charge < -0.3 is 5.73 Å². The van der Waals surface area contributed by atoms with Gasteiger partial charge in [-0.2, -0.15) is 5.10 Å². The molecule has 3 rings (SSSR count). The van der Waals surface area contributed by atoms with Crippen molar-refractivity contribution in [3.05, 3.63) is 106 Å². The Bertz CT molecular complexity index is 986. The van der Waals surface area contributed by atoms with Crippen LogP contribution in [-0.2, 0) is 0 Å². The van der Waals surface area contributed by atoms with Crippen molar-refractivity contribution in [2.75, 3.05) is 0 Å². The van der Waals surface area contributed by atoms with Crippen LogP contribution in [0, 0.1) is 10.1 Å². The van der Waals surface area contributed by atoms with Crippen LogP contribution in [0.4, 0.5) is 11.4 Å². The second-order valence-electron chi connectivity index (χ2n) is 5.58. The van der Waals surface area contributed by atoms with Crippen LogP contribution in [0.2, 0.25) is 0 Å². The molecule has 3 aromatic carbocycles. The molecule has 0 heterocycles. The van der Waals surface area contributed by atoms with Crippen molar-refractivity contribution in [3.63, 3.8) is 0 Å². The Labute approximate surface area is 156 Å². The summed E-state index contributed by atoms with van der Waals surface area (Å²) in [4.78, 5) is 14.9. The summed E-state index contributed by atoms with van der Waals surface area (Å²) in [5, 5.41) is 15.4.